The number of halogens is 1. The zero-order valence-corrected chi connectivity index (χ0v) is 15.7. The van der Waals surface area contributed by atoms with Gasteiger partial charge >= 0.3 is 0 Å². The van der Waals surface area contributed by atoms with E-state index in [0.29, 0.717) is 5.96 Å². The molecule has 1 rings (SSSR count). The minimum atomic E-state index is 0. The molecule has 0 aliphatic carbocycles. The fourth-order valence-electron chi connectivity index (χ4n) is 1.72. The molecule has 0 spiro atoms. The zero-order valence-electron chi connectivity index (χ0n) is 12.5. The number of hydrogen-bond acceptors (Lipinski definition) is 3. The lowest BCUT2D eigenvalue weighted by Crippen LogP contribution is -2.33. The fraction of sp³-hybridized carbons (Fsp3) is 0.714. The first-order valence-electron chi connectivity index (χ1n) is 7.23. The quantitative estimate of drug-likeness (QED) is 0.284. The Balaban J connectivity index is 0.00000361. The van der Waals surface area contributed by atoms with Gasteiger partial charge in [0.1, 0.15) is 0 Å². The standard InChI is InChI=1S/C14H26N4S.HI/c1-3-5-6-7-9-16-14(15)17-10-8-13-18-11-12(4-2)19-13;/h11H,3-10H2,1-2H3,(H3,15,16,17);1H. The minimum Gasteiger partial charge on any atom is -0.370 e. The molecule has 0 bridgehead atoms. The topological polar surface area (TPSA) is 63.3 Å². The molecule has 3 N–H and O–H groups in total. The number of unbranched alkanes of at least 4 members (excludes halogenated alkanes) is 3. The largest absolute Gasteiger partial charge is 0.370 e. The molecule has 0 fully saturated rings. The summed E-state index contributed by atoms with van der Waals surface area (Å²) in [5, 5.41) is 4.31. The van der Waals surface area contributed by atoms with E-state index in [1.807, 2.05) is 6.20 Å². The first-order chi connectivity index (χ1) is 9.26. The maximum atomic E-state index is 5.81. The molecule has 0 saturated heterocycles. The van der Waals surface area contributed by atoms with Crippen LogP contribution in [-0.4, -0.2) is 24.0 Å². The van der Waals surface area contributed by atoms with Crippen LogP contribution >= 0.6 is 35.3 Å². The number of aliphatic imine (C=N–C) groups is 1. The average Bonchev–Trinajstić information content (AvgIpc) is 2.86. The van der Waals surface area contributed by atoms with Crippen LogP contribution in [0.15, 0.2) is 11.2 Å². The summed E-state index contributed by atoms with van der Waals surface area (Å²) < 4.78 is 0. The highest BCUT2D eigenvalue weighted by atomic mass is 127. The molecule has 1 aromatic rings. The van der Waals surface area contributed by atoms with Crippen molar-refractivity contribution in [2.45, 2.75) is 52.4 Å². The summed E-state index contributed by atoms with van der Waals surface area (Å²) in [6, 6.07) is 0. The first-order valence-corrected chi connectivity index (χ1v) is 8.05. The SMILES string of the molecule is CCCCCCN=C(N)NCCc1ncc(CC)s1.I. The molecule has 1 aromatic heterocycles. The molecule has 0 saturated carbocycles. The van der Waals surface area contributed by atoms with Gasteiger partial charge in [0.2, 0.25) is 0 Å². The summed E-state index contributed by atoms with van der Waals surface area (Å²) in [4.78, 5) is 10.0. The van der Waals surface area contributed by atoms with Gasteiger partial charge in [0.15, 0.2) is 5.96 Å². The van der Waals surface area contributed by atoms with Crippen molar-refractivity contribution in [2.75, 3.05) is 13.1 Å². The van der Waals surface area contributed by atoms with Crippen LogP contribution < -0.4 is 11.1 Å². The predicted molar refractivity (Wildman–Crippen MR) is 99.2 cm³/mol. The summed E-state index contributed by atoms with van der Waals surface area (Å²) in [6.07, 6.45) is 8.85. The molecule has 6 heteroatoms. The van der Waals surface area contributed by atoms with Crippen molar-refractivity contribution in [1.29, 1.82) is 0 Å². The van der Waals surface area contributed by atoms with E-state index in [-0.39, 0.29) is 24.0 Å². The third-order valence-electron chi connectivity index (χ3n) is 2.89. The number of rotatable bonds is 9. The number of thiazole rings is 1. The third-order valence-corrected chi connectivity index (χ3v) is 4.09. The number of aryl methyl sites for hydroxylation is 1. The molecular formula is C14H27IN4S. The molecule has 116 valence electrons. The maximum Gasteiger partial charge on any atom is 0.188 e. The highest BCUT2D eigenvalue weighted by molar-refractivity contribution is 14.0. The van der Waals surface area contributed by atoms with Crippen molar-refractivity contribution in [3.63, 3.8) is 0 Å². The molecule has 0 aliphatic rings. The maximum absolute atomic E-state index is 5.81. The first kappa shape index (κ1) is 19.6. The molecule has 0 atom stereocenters. The van der Waals surface area contributed by atoms with E-state index in [2.05, 4.69) is 29.1 Å². The number of aromatic nitrogens is 1. The van der Waals surface area contributed by atoms with Crippen LogP contribution in [0.4, 0.5) is 0 Å². The smallest absolute Gasteiger partial charge is 0.188 e. The summed E-state index contributed by atoms with van der Waals surface area (Å²) in [5.74, 6) is 0.559. The molecule has 1 heterocycles. The lowest BCUT2D eigenvalue weighted by atomic mass is 10.2. The predicted octanol–water partition coefficient (Wildman–Crippen LogP) is 3.35. The van der Waals surface area contributed by atoms with Crippen LogP contribution in [0.5, 0.6) is 0 Å². The van der Waals surface area contributed by atoms with Crippen LogP contribution in [0.3, 0.4) is 0 Å². The highest BCUT2D eigenvalue weighted by Gasteiger charge is 2.00. The molecule has 20 heavy (non-hydrogen) atoms. The molecule has 0 unspecified atom stereocenters. The van der Waals surface area contributed by atoms with Gasteiger partial charge in [-0.05, 0) is 12.8 Å². The van der Waals surface area contributed by atoms with Crippen LogP contribution in [0.2, 0.25) is 0 Å². The van der Waals surface area contributed by atoms with E-state index in [0.717, 1.165) is 32.4 Å². The summed E-state index contributed by atoms with van der Waals surface area (Å²) in [7, 11) is 0. The summed E-state index contributed by atoms with van der Waals surface area (Å²) in [6.45, 7) is 6.00. The minimum absolute atomic E-state index is 0. The highest BCUT2D eigenvalue weighted by Crippen LogP contribution is 2.13. The second kappa shape index (κ2) is 12.4. The molecule has 0 amide bonds. The van der Waals surface area contributed by atoms with Gasteiger partial charge in [0, 0.05) is 30.6 Å². The van der Waals surface area contributed by atoms with Gasteiger partial charge in [-0.25, -0.2) is 4.98 Å². The Bertz CT molecular complexity index is 379. The van der Waals surface area contributed by atoms with Crippen LogP contribution in [0, 0.1) is 0 Å². The van der Waals surface area contributed by atoms with Gasteiger partial charge in [-0.1, -0.05) is 33.1 Å². The Hall–Kier alpha value is -0.370. The Morgan fingerprint density at radius 2 is 2.15 bits per heavy atom. The molecule has 4 nitrogen and oxygen atoms in total. The summed E-state index contributed by atoms with van der Waals surface area (Å²) >= 11 is 1.78. The number of nitrogens with one attached hydrogen (secondary N) is 1. The van der Waals surface area contributed by atoms with Crippen molar-refractivity contribution >= 4 is 41.3 Å². The van der Waals surface area contributed by atoms with E-state index >= 15 is 0 Å². The lowest BCUT2D eigenvalue weighted by molar-refractivity contribution is 0.673. The Morgan fingerprint density at radius 3 is 2.80 bits per heavy atom. The molecule has 0 aliphatic heterocycles. The Morgan fingerprint density at radius 1 is 1.35 bits per heavy atom. The van der Waals surface area contributed by atoms with Crippen molar-refractivity contribution in [1.82, 2.24) is 10.3 Å². The molecular weight excluding hydrogens is 383 g/mol. The van der Waals surface area contributed by atoms with Crippen LogP contribution in [-0.2, 0) is 12.8 Å². The van der Waals surface area contributed by atoms with Gasteiger partial charge in [-0.2, -0.15) is 0 Å². The number of hydrogen-bond donors (Lipinski definition) is 2. The van der Waals surface area contributed by atoms with Crippen LogP contribution in [0.1, 0.15) is 49.4 Å². The normalized spacial score (nSPS) is 11.2. The van der Waals surface area contributed by atoms with Crippen molar-refractivity contribution < 1.29 is 0 Å². The van der Waals surface area contributed by atoms with E-state index in [1.54, 1.807) is 11.3 Å². The lowest BCUT2D eigenvalue weighted by Gasteiger charge is -2.04. The van der Waals surface area contributed by atoms with E-state index in [9.17, 15) is 0 Å². The van der Waals surface area contributed by atoms with E-state index in [1.165, 1.54) is 29.1 Å². The Kier molecular flexibility index (Phi) is 12.1. The van der Waals surface area contributed by atoms with Gasteiger partial charge in [0.25, 0.3) is 0 Å². The van der Waals surface area contributed by atoms with Gasteiger partial charge in [0.05, 0.1) is 5.01 Å². The number of nitrogens with zero attached hydrogens (tertiary/aromatic N) is 2. The van der Waals surface area contributed by atoms with Crippen molar-refractivity contribution in [2.24, 2.45) is 10.7 Å². The van der Waals surface area contributed by atoms with Gasteiger partial charge in [-0.3, -0.25) is 4.99 Å². The summed E-state index contributed by atoms with van der Waals surface area (Å²) in [5.41, 5.74) is 5.81. The fourth-order valence-corrected chi connectivity index (χ4v) is 2.58. The zero-order chi connectivity index (χ0) is 13.9. The van der Waals surface area contributed by atoms with Crippen molar-refractivity contribution in [3.05, 3.63) is 16.1 Å². The van der Waals surface area contributed by atoms with Crippen LogP contribution in [0.25, 0.3) is 0 Å². The second-order valence-corrected chi connectivity index (χ2v) is 5.78. The van der Waals surface area contributed by atoms with E-state index in [4.69, 9.17) is 5.73 Å². The monoisotopic (exact) mass is 410 g/mol. The number of guanidine groups is 1. The number of nitrogens with two attached hydrogens (primary N) is 1. The van der Waals surface area contributed by atoms with E-state index < -0.39 is 0 Å². The van der Waals surface area contributed by atoms with Gasteiger partial charge < -0.3 is 11.1 Å². The van der Waals surface area contributed by atoms with Crippen molar-refractivity contribution in [3.8, 4) is 0 Å². The molecule has 0 radical (unpaired) electrons. The molecule has 0 aromatic carbocycles. The third kappa shape index (κ3) is 8.73. The second-order valence-electron chi connectivity index (χ2n) is 4.58. The average molecular weight is 410 g/mol. The Labute approximate surface area is 143 Å². The van der Waals surface area contributed by atoms with Gasteiger partial charge in [-0.15, -0.1) is 35.3 Å².